The summed E-state index contributed by atoms with van der Waals surface area (Å²) in [6.45, 7) is 4.12. The summed E-state index contributed by atoms with van der Waals surface area (Å²) in [5.41, 5.74) is 1.91. The Hall–Kier alpha value is -2.30. The fourth-order valence-electron chi connectivity index (χ4n) is 2.34. The van der Waals surface area contributed by atoms with E-state index in [4.69, 9.17) is 0 Å². The van der Waals surface area contributed by atoms with Crippen LogP contribution in [0.1, 0.15) is 11.5 Å². The molecule has 2 amide bonds. The van der Waals surface area contributed by atoms with Gasteiger partial charge in [0.2, 0.25) is 0 Å². The van der Waals surface area contributed by atoms with E-state index in [0.29, 0.717) is 13.1 Å². The molecule has 0 spiro atoms. The van der Waals surface area contributed by atoms with Crippen LogP contribution in [0.2, 0.25) is 0 Å². The van der Waals surface area contributed by atoms with Gasteiger partial charge < -0.3 is 14.8 Å². The zero-order valence-electron chi connectivity index (χ0n) is 10.8. The largest absolute Gasteiger partial charge is 0.329 e. The predicted octanol–water partition coefficient (Wildman–Crippen LogP) is 2.24. The van der Waals surface area contributed by atoms with Crippen molar-refractivity contribution in [2.75, 3.05) is 11.9 Å². The van der Waals surface area contributed by atoms with Gasteiger partial charge in [-0.05, 0) is 19.1 Å². The molecule has 0 aliphatic carbocycles. The van der Waals surface area contributed by atoms with Crippen molar-refractivity contribution in [1.29, 1.82) is 0 Å². The number of rotatable bonds is 1. The molecule has 1 N–H and O–H groups in total. The Bertz CT molecular complexity index is 591. The van der Waals surface area contributed by atoms with Crippen molar-refractivity contribution < 1.29 is 4.79 Å². The molecule has 19 heavy (non-hydrogen) atoms. The Kier molecular flexibility index (Phi) is 2.95. The Morgan fingerprint density at radius 1 is 1.26 bits per heavy atom. The van der Waals surface area contributed by atoms with Crippen molar-refractivity contribution >= 4 is 11.7 Å². The van der Waals surface area contributed by atoms with Gasteiger partial charge in [0.05, 0.1) is 18.4 Å². The molecule has 5 nitrogen and oxygen atoms in total. The van der Waals surface area contributed by atoms with Crippen LogP contribution in [-0.4, -0.2) is 27.0 Å². The number of aryl methyl sites for hydroxylation is 1. The normalized spacial score (nSPS) is 14.1. The molecule has 2 aromatic rings. The van der Waals surface area contributed by atoms with E-state index < -0.39 is 0 Å². The summed E-state index contributed by atoms with van der Waals surface area (Å²) in [6.07, 6.45) is 1.84. The first kappa shape index (κ1) is 11.8. The Labute approximate surface area is 111 Å². The van der Waals surface area contributed by atoms with E-state index in [-0.39, 0.29) is 6.03 Å². The summed E-state index contributed by atoms with van der Waals surface area (Å²) in [6, 6.07) is 9.45. The average molecular weight is 256 g/mol. The molecule has 1 aromatic carbocycles. The third-order valence-electron chi connectivity index (χ3n) is 3.40. The highest BCUT2D eigenvalue weighted by molar-refractivity contribution is 5.89. The fraction of sp³-hybridized carbons (Fsp3) is 0.286. The van der Waals surface area contributed by atoms with Crippen molar-refractivity contribution in [1.82, 2.24) is 14.5 Å². The maximum Gasteiger partial charge on any atom is 0.322 e. The first-order valence-corrected chi connectivity index (χ1v) is 6.36. The van der Waals surface area contributed by atoms with E-state index >= 15 is 0 Å². The van der Waals surface area contributed by atoms with E-state index in [1.54, 1.807) is 0 Å². The maximum absolute atomic E-state index is 12.2. The van der Waals surface area contributed by atoms with Crippen LogP contribution in [0.4, 0.5) is 10.5 Å². The van der Waals surface area contributed by atoms with Gasteiger partial charge in [0.15, 0.2) is 0 Å². The first-order valence-electron chi connectivity index (χ1n) is 6.36. The topological polar surface area (TPSA) is 50.2 Å². The number of aromatic nitrogens is 2. The Balaban J connectivity index is 1.69. The third-order valence-corrected chi connectivity index (χ3v) is 3.40. The molecular weight excluding hydrogens is 240 g/mol. The van der Waals surface area contributed by atoms with Gasteiger partial charge >= 0.3 is 6.03 Å². The molecule has 98 valence electrons. The number of benzene rings is 1. The standard InChI is InChI=1S/C14H16N4O/c1-11-15-9-13-10-17(7-8-18(11)13)14(19)16-12-5-3-2-4-6-12/h2-6,9H,7-8,10H2,1H3,(H,16,19). The molecule has 0 fully saturated rings. The number of para-hydroxylation sites is 1. The minimum absolute atomic E-state index is 0.0590. The van der Waals surface area contributed by atoms with Crippen molar-refractivity contribution in [3.8, 4) is 0 Å². The number of carbonyl (C=O) groups excluding carboxylic acids is 1. The molecule has 0 atom stereocenters. The number of anilines is 1. The lowest BCUT2D eigenvalue weighted by Gasteiger charge is -2.28. The van der Waals surface area contributed by atoms with Crippen LogP contribution in [-0.2, 0) is 13.1 Å². The molecule has 2 heterocycles. The zero-order chi connectivity index (χ0) is 13.2. The highest BCUT2D eigenvalue weighted by Crippen LogP contribution is 2.15. The van der Waals surface area contributed by atoms with Crippen LogP contribution in [0.3, 0.4) is 0 Å². The average Bonchev–Trinajstić information content (AvgIpc) is 2.81. The quantitative estimate of drug-likeness (QED) is 0.850. The summed E-state index contributed by atoms with van der Waals surface area (Å²) >= 11 is 0. The molecule has 0 unspecified atom stereocenters. The van der Waals surface area contributed by atoms with Gasteiger partial charge in [0, 0.05) is 18.8 Å². The van der Waals surface area contributed by atoms with Gasteiger partial charge in [-0.15, -0.1) is 0 Å². The molecule has 3 rings (SSSR count). The molecule has 0 bridgehead atoms. The molecule has 5 heteroatoms. The maximum atomic E-state index is 12.2. The lowest BCUT2D eigenvalue weighted by atomic mass is 10.3. The highest BCUT2D eigenvalue weighted by Gasteiger charge is 2.21. The number of hydrogen-bond donors (Lipinski definition) is 1. The predicted molar refractivity (Wildman–Crippen MR) is 72.8 cm³/mol. The summed E-state index contributed by atoms with van der Waals surface area (Å²) in [7, 11) is 0. The summed E-state index contributed by atoms with van der Waals surface area (Å²) in [5.74, 6) is 1.01. The number of urea groups is 1. The molecule has 1 aliphatic rings. The van der Waals surface area contributed by atoms with E-state index in [1.807, 2.05) is 48.4 Å². The Morgan fingerprint density at radius 3 is 2.84 bits per heavy atom. The van der Waals surface area contributed by atoms with Crippen LogP contribution in [0.15, 0.2) is 36.5 Å². The van der Waals surface area contributed by atoms with Crippen molar-refractivity contribution in [3.63, 3.8) is 0 Å². The second kappa shape index (κ2) is 4.76. The number of hydrogen-bond acceptors (Lipinski definition) is 2. The van der Waals surface area contributed by atoms with Crippen molar-refractivity contribution in [2.45, 2.75) is 20.0 Å². The number of fused-ring (bicyclic) bond motifs is 1. The summed E-state index contributed by atoms with van der Waals surface area (Å²) in [4.78, 5) is 18.3. The second-order valence-electron chi connectivity index (χ2n) is 4.67. The van der Waals surface area contributed by atoms with Gasteiger partial charge in [-0.1, -0.05) is 18.2 Å². The molecule has 0 saturated heterocycles. The summed E-state index contributed by atoms with van der Waals surface area (Å²) < 4.78 is 2.16. The number of amides is 2. The first-order chi connectivity index (χ1) is 9.24. The van der Waals surface area contributed by atoms with Gasteiger partial charge in [-0.2, -0.15) is 0 Å². The lowest BCUT2D eigenvalue weighted by molar-refractivity contribution is 0.197. The minimum Gasteiger partial charge on any atom is -0.329 e. The SMILES string of the molecule is Cc1ncc2n1CCN(C(=O)Nc1ccccc1)C2. The third kappa shape index (κ3) is 2.31. The van der Waals surface area contributed by atoms with Crippen LogP contribution >= 0.6 is 0 Å². The van der Waals surface area contributed by atoms with Crippen LogP contribution < -0.4 is 5.32 Å². The Morgan fingerprint density at radius 2 is 2.05 bits per heavy atom. The fourth-order valence-corrected chi connectivity index (χ4v) is 2.34. The van der Waals surface area contributed by atoms with Gasteiger partial charge in [0.25, 0.3) is 0 Å². The highest BCUT2D eigenvalue weighted by atomic mass is 16.2. The summed E-state index contributed by atoms with van der Waals surface area (Å²) in [5, 5.41) is 2.91. The van der Waals surface area contributed by atoms with E-state index in [1.165, 1.54) is 0 Å². The van der Waals surface area contributed by atoms with Gasteiger partial charge in [0.1, 0.15) is 5.82 Å². The van der Waals surface area contributed by atoms with Crippen molar-refractivity contribution in [2.24, 2.45) is 0 Å². The molecule has 1 aromatic heterocycles. The zero-order valence-corrected chi connectivity index (χ0v) is 10.8. The van der Waals surface area contributed by atoms with Crippen LogP contribution in [0.25, 0.3) is 0 Å². The number of carbonyl (C=O) groups is 1. The minimum atomic E-state index is -0.0590. The van der Waals surface area contributed by atoms with Crippen LogP contribution in [0, 0.1) is 6.92 Å². The molecule has 1 aliphatic heterocycles. The molecule has 0 saturated carbocycles. The number of imidazole rings is 1. The van der Waals surface area contributed by atoms with E-state index in [9.17, 15) is 4.79 Å². The van der Waals surface area contributed by atoms with E-state index in [0.717, 1.165) is 23.8 Å². The van der Waals surface area contributed by atoms with Gasteiger partial charge in [-0.25, -0.2) is 9.78 Å². The monoisotopic (exact) mass is 256 g/mol. The lowest BCUT2D eigenvalue weighted by Crippen LogP contribution is -2.40. The van der Waals surface area contributed by atoms with Gasteiger partial charge in [-0.3, -0.25) is 0 Å². The van der Waals surface area contributed by atoms with Crippen LogP contribution in [0.5, 0.6) is 0 Å². The molecule has 0 radical (unpaired) electrons. The number of nitrogens with zero attached hydrogens (tertiary/aromatic N) is 3. The smallest absolute Gasteiger partial charge is 0.322 e. The van der Waals surface area contributed by atoms with Crippen molar-refractivity contribution in [3.05, 3.63) is 48.0 Å². The van der Waals surface area contributed by atoms with E-state index in [2.05, 4.69) is 14.9 Å². The second-order valence-corrected chi connectivity index (χ2v) is 4.67. The molecular formula is C14H16N4O. The number of nitrogens with one attached hydrogen (secondary N) is 1.